The quantitative estimate of drug-likeness (QED) is 0.269. The summed E-state index contributed by atoms with van der Waals surface area (Å²) in [6.45, 7) is 0.892. The van der Waals surface area contributed by atoms with Gasteiger partial charge in [0.2, 0.25) is 5.91 Å². The van der Waals surface area contributed by atoms with Gasteiger partial charge < -0.3 is 14.7 Å². The third-order valence-electron chi connectivity index (χ3n) is 6.43. The Bertz CT molecular complexity index is 1280. The van der Waals surface area contributed by atoms with Gasteiger partial charge in [-0.1, -0.05) is 60.7 Å². The summed E-state index contributed by atoms with van der Waals surface area (Å²) in [5.41, 5.74) is -0.621. The standard InChI is InChI=1S/C24H22N6O6S/c1-15(31)30(29-14-25-26-27-29)18-20(32)28-12-24(22(33)34,13-37-21(18)28)23(35)36-19(16-8-4-2-5-9-16)17-10-6-3-7-11-17/h2-11,14,18-19,21H,12-13H2,1H3,(H,33,34)/t18?,21-,24?/m1/s1. The topological polar surface area (TPSA) is 148 Å². The molecule has 2 aliphatic rings. The molecule has 1 N–H and O–H groups in total. The Hall–Kier alpha value is -4.26. The van der Waals surface area contributed by atoms with Crippen molar-refractivity contribution in [3.8, 4) is 0 Å². The molecule has 190 valence electrons. The first kappa shape index (κ1) is 24.4. The number of benzene rings is 2. The molecule has 2 aromatic carbocycles. The Balaban J connectivity index is 1.40. The van der Waals surface area contributed by atoms with Gasteiger partial charge in [0.1, 0.15) is 5.37 Å². The molecule has 0 saturated carbocycles. The van der Waals surface area contributed by atoms with E-state index in [9.17, 15) is 24.3 Å². The smallest absolute Gasteiger partial charge is 0.327 e. The lowest BCUT2D eigenvalue weighted by Crippen LogP contribution is -2.76. The van der Waals surface area contributed by atoms with Gasteiger partial charge >= 0.3 is 11.9 Å². The number of esters is 1. The van der Waals surface area contributed by atoms with Crippen molar-refractivity contribution in [2.75, 3.05) is 17.3 Å². The van der Waals surface area contributed by atoms with Gasteiger partial charge in [0.25, 0.3) is 5.91 Å². The molecular weight excluding hydrogens is 500 g/mol. The van der Waals surface area contributed by atoms with E-state index in [0.717, 1.165) is 21.6 Å². The van der Waals surface area contributed by atoms with Crippen LogP contribution in [0.4, 0.5) is 0 Å². The third kappa shape index (κ3) is 4.20. The van der Waals surface area contributed by atoms with Crippen molar-refractivity contribution in [1.29, 1.82) is 0 Å². The minimum Gasteiger partial charge on any atom is -0.480 e. The third-order valence-corrected chi connectivity index (χ3v) is 7.94. The molecule has 12 nitrogen and oxygen atoms in total. The molecule has 13 heteroatoms. The van der Waals surface area contributed by atoms with Crippen LogP contribution in [0.1, 0.15) is 24.2 Å². The van der Waals surface area contributed by atoms with E-state index in [1.165, 1.54) is 18.2 Å². The maximum Gasteiger partial charge on any atom is 0.327 e. The maximum atomic E-state index is 13.6. The number of hydrogen-bond donors (Lipinski definition) is 1. The van der Waals surface area contributed by atoms with Crippen LogP contribution in [0.5, 0.6) is 0 Å². The lowest BCUT2D eigenvalue weighted by atomic mass is 9.86. The highest BCUT2D eigenvalue weighted by Crippen LogP contribution is 2.45. The SMILES string of the molecule is CC(=O)N(C1C(=O)N2CC(C(=O)O)(C(=O)OC(c3ccccc3)c3ccccc3)CS[C@H]12)n1cnnn1. The molecule has 0 bridgehead atoms. The van der Waals surface area contributed by atoms with Crippen molar-refractivity contribution < 1.29 is 29.0 Å². The van der Waals surface area contributed by atoms with Crippen molar-refractivity contribution in [3.63, 3.8) is 0 Å². The highest BCUT2D eigenvalue weighted by Gasteiger charge is 2.63. The Morgan fingerprint density at radius 3 is 2.24 bits per heavy atom. The summed E-state index contributed by atoms with van der Waals surface area (Å²) in [6, 6.07) is 17.1. The molecule has 2 aliphatic heterocycles. The molecule has 2 fully saturated rings. The lowest BCUT2D eigenvalue weighted by Gasteiger charge is -2.54. The van der Waals surface area contributed by atoms with Gasteiger partial charge in [-0.3, -0.25) is 19.2 Å². The molecular formula is C24H22N6O6S. The molecule has 1 aromatic heterocycles. The first-order valence-corrected chi connectivity index (χ1v) is 12.4. The molecule has 0 radical (unpaired) electrons. The van der Waals surface area contributed by atoms with Gasteiger partial charge in [-0.15, -0.1) is 21.7 Å². The van der Waals surface area contributed by atoms with Crippen LogP contribution in [-0.4, -0.2) is 77.8 Å². The van der Waals surface area contributed by atoms with Gasteiger partial charge in [-0.25, -0.2) is 5.01 Å². The summed E-state index contributed by atoms with van der Waals surface area (Å²) in [5.74, 6) is -3.45. The monoisotopic (exact) mass is 522 g/mol. The number of carbonyl (C=O) groups excluding carboxylic acids is 3. The number of aromatic nitrogens is 4. The second-order valence-electron chi connectivity index (χ2n) is 8.70. The summed E-state index contributed by atoms with van der Waals surface area (Å²) in [4.78, 5) is 53.9. The molecule has 0 spiro atoms. The second-order valence-corrected chi connectivity index (χ2v) is 9.81. The average molecular weight is 523 g/mol. The van der Waals surface area contributed by atoms with E-state index in [4.69, 9.17) is 4.74 Å². The highest BCUT2D eigenvalue weighted by atomic mass is 32.2. The van der Waals surface area contributed by atoms with Crippen molar-refractivity contribution in [1.82, 2.24) is 25.2 Å². The number of rotatable bonds is 7. The van der Waals surface area contributed by atoms with Gasteiger partial charge in [-0.05, 0) is 21.6 Å². The van der Waals surface area contributed by atoms with E-state index in [1.807, 2.05) is 12.1 Å². The van der Waals surface area contributed by atoms with Crippen LogP contribution in [0.2, 0.25) is 0 Å². The minimum absolute atomic E-state index is 0.149. The first-order valence-electron chi connectivity index (χ1n) is 11.3. The van der Waals surface area contributed by atoms with Crippen LogP contribution in [-0.2, 0) is 23.9 Å². The number of aliphatic carboxylic acids is 1. The number of tetrazole rings is 1. The molecule has 0 aliphatic carbocycles. The van der Waals surface area contributed by atoms with Crippen molar-refractivity contribution in [2.45, 2.75) is 24.4 Å². The van der Waals surface area contributed by atoms with E-state index in [1.54, 1.807) is 48.5 Å². The Morgan fingerprint density at radius 1 is 1.11 bits per heavy atom. The number of β-lactam (4-membered cyclic amide) rings is 1. The number of carboxylic acid groups (broad SMARTS) is 1. The van der Waals surface area contributed by atoms with Crippen molar-refractivity contribution >= 4 is 35.5 Å². The fourth-order valence-corrected chi connectivity index (χ4v) is 6.07. The largest absolute Gasteiger partial charge is 0.480 e. The summed E-state index contributed by atoms with van der Waals surface area (Å²) >= 11 is 1.10. The summed E-state index contributed by atoms with van der Waals surface area (Å²) in [5, 5.41) is 21.5. The summed E-state index contributed by atoms with van der Waals surface area (Å²) in [6.07, 6.45) is 0.360. The van der Waals surface area contributed by atoms with Gasteiger partial charge in [0, 0.05) is 19.2 Å². The number of nitrogens with zero attached hydrogens (tertiary/aromatic N) is 6. The fourth-order valence-electron chi connectivity index (χ4n) is 4.51. The average Bonchev–Trinajstić information content (AvgIpc) is 3.44. The minimum atomic E-state index is -1.99. The van der Waals surface area contributed by atoms with Crippen molar-refractivity contribution in [3.05, 3.63) is 78.1 Å². The second kappa shape index (κ2) is 9.65. The van der Waals surface area contributed by atoms with Crippen LogP contribution < -0.4 is 5.01 Å². The predicted molar refractivity (Wildman–Crippen MR) is 129 cm³/mol. The van der Waals surface area contributed by atoms with Gasteiger partial charge in [0.15, 0.2) is 23.9 Å². The number of hydrogen-bond acceptors (Lipinski definition) is 9. The van der Waals surface area contributed by atoms with Crippen LogP contribution in [0.3, 0.4) is 0 Å². The Morgan fingerprint density at radius 2 is 1.73 bits per heavy atom. The number of amides is 2. The molecule has 5 rings (SSSR count). The van der Waals surface area contributed by atoms with E-state index in [-0.39, 0.29) is 12.3 Å². The van der Waals surface area contributed by atoms with E-state index >= 15 is 0 Å². The fraction of sp³-hybridized carbons (Fsp3) is 0.292. The van der Waals surface area contributed by atoms with E-state index in [0.29, 0.717) is 11.1 Å². The number of ether oxygens (including phenoxy) is 1. The van der Waals surface area contributed by atoms with Gasteiger partial charge in [0.05, 0.1) is 0 Å². The van der Waals surface area contributed by atoms with Crippen molar-refractivity contribution in [2.24, 2.45) is 5.41 Å². The van der Waals surface area contributed by atoms with Gasteiger partial charge in [-0.2, -0.15) is 0 Å². The zero-order chi connectivity index (χ0) is 26.2. The normalized spacial score (nSPS) is 22.6. The van der Waals surface area contributed by atoms with Crippen LogP contribution in [0.15, 0.2) is 67.0 Å². The summed E-state index contributed by atoms with van der Waals surface area (Å²) in [7, 11) is 0. The predicted octanol–water partition coefficient (Wildman–Crippen LogP) is 0.845. The Kier molecular flexibility index (Phi) is 6.38. The molecule has 2 amide bonds. The van der Waals surface area contributed by atoms with Crippen LogP contribution in [0, 0.1) is 5.41 Å². The molecule has 3 heterocycles. The maximum absolute atomic E-state index is 13.6. The van der Waals surface area contributed by atoms with Crippen LogP contribution >= 0.6 is 11.8 Å². The molecule has 37 heavy (non-hydrogen) atoms. The zero-order valence-corrected chi connectivity index (χ0v) is 20.4. The summed E-state index contributed by atoms with van der Waals surface area (Å²) < 4.78 is 5.87. The number of carboxylic acids is 1. The molecule has 3 atom stereocenters. The molecule has 2 unspecified atom stereocenters. The highest BCUT2D eigenvalue weighted by molar-refractivity contribution is 8.00. The molecule has 2 saturated heterocycles. The Labute approximate surface area is 215 Å². The zero-order valence-electron chi connectivity index (χ0n) is 19.6. The molecule has 3 aromatic rings. The van der Waals surface area contributed by atoms with E-state index < -0.39 is 46.7 Å². The van der Waals surface area contributed by atoms with E-state index in [2.05, 4.69) is 15.5 Å². The lowest BCUT2D eigenvalue weighted by molar-refractivity contribution is -0.175. The van der Waals surface area contributed by atoms with Crippen LogP contribution in [0.25, 0.3) is 0 Å². The number of carbonyl (C=O) groups is 4. The number of fused-ring (bicyclic) bond motifs is 1. The first-order chi connectivity index (χ1) is 17.8. The number of thioether (sulfide) groups is 1.